The molecule has 2 heteroatoms. The standard InChI is InChI=1S/C13H26S2/c1-4-9-12-10-7-5-6-8-11-13(2,3)15-14-12/h12H,4-11H2,1-3H3. The van der Waals surface area contributed by atoms with Crippen molar-refractivity contribution in [1.82, 2.24) is 0 Å². The van der Waals surface area contributed by atoms with E-state index in [1.54, 1.807) is 0 Å². The molecule has 0 aliphatic carbocycles. The predicted molar refractivity (Wildman–Crippen MR) is 75.7 cm³/mol. The number of hydrogen-bond donors (Lipinski definition) is 0. The predicted octanol–water partition coefficient (Wildman–Crippen LogP) is 5.67. The van der Waals surface area contributed by atoms with Gasteiger partial charge in [-0.15, -0.1) is 0 Å². The molecule has 0 saturated carbocycles. The van der Waals surface area contributed by atoms with E-state index in [-0.39, 0.29) is 0 Å². The lowest BCUT2D eigenvalue weighted by atomic mass is 10.0. The third-order valence-corrected chi connectivity index (χ3v) is 7.03. The quantitative estimate of drug-likeness (QED) is 0.576. The summed E-state index contributed by atoms with van der Waals surface area (Å²) in [5.74, 6) is 0. The molecule has 0 aromatic heterocycles. The van der Waals surface area contributed by atoms with Crippen LogP contribution in [0.5, 0.6) is 0 Å². The second-order valence-electron chi connectivity index (χ2n) is 5.30. The van der Waals surface area contributed by atoms with Gasteiger partial charge in [0.05, 0.1) is 0 Å². The van der Waals surface area contributed by atoms with Crippen molar-refractivity contribution in [1.29, 1.82) is 0 Å². The van der Waals surface area contributed by atoms with Crippen molar-refractivity contribution in [3.63, 3.8) is 0 Å². The molecule has 1 heterocycles. The zero-order valence-electron chi connectivity index (χ0n) is 10.6. The Kier molecular flexibility index (Phi) is 6.52. The Labute approximate surface area is 104 Å². The third kappa shape index (κ3) is 6.11. The van der Waals surface area contributed by atoms with Gasteiger partial charge in [0.15, 0.2) is 0 Å². The summed E-state index contributed by atoms with van der Waals surface area (Å²) in [5, 5.41) is 0.914. The summed E-state index contributed by atoms with van der Waals surface area (Å²) in [6.07, 6.45) is 11.4. The highest BCUT2D eigenvalue weighted by atomic mass is 33.1. The lowest BCUT2D eigenvalue weighted by molar-refractivity contribution is 0.534. The topological polar surface area (TPSA) is 0 Å². The molecule has 0 radical (unpaired) electrons. The fourth-order valence-corrected chi connectivity index (χ4v) is 5.31. The van der Waals surface area contributed by atoms with E-state index < -0.39 is 0 Å². The molecular weight excluding hydrogens is 220 g/mol. The molecule has 1 aliphatic heterocycles. The minimum Gasteiger partial charge on any atom is -0.0902 e. The molecule has 0 nitrogen and oxygen atoms in total. The van der Waals surface area contributed by atoms with Crippen LogP contribution in [0.3, 0.4) is 0 Å². The smallest absolute Gasteiger partial charge is 0.0207 e. The Hall–Kier alpha value is 0.700. The van der Waals surface area contributed by atoms with Crippen LogP contribution in [0.1, 0.15) is 72.1 Å². The van der Waals surface area contributed by atoms with Gasteiger partial charge in [-0.3, -0.25) is 0 Å². The van der Waals surface area contributed by atoms with Gasteiger partial charge in [-0.1, -0.05) is 60.6 Å². The molecule has 0 N–H and O–H groups in total. The molecule has 1 atom stereocenters. The minimum absolute atomic E-state index is 0.494. The number of hydrogen-bond acceptors (Lipinski definition) is 2. The van der Waals surface area contributed by atoms with E-state index >= 15 is 0 Å². The lowest BCUT2D eigenvalue weighted by Crippen LogP contribution is -2.15. The molecule has 1 fully saturated rings. The largest absolute Gasteiger partial charge is 0.0902 e. The Morgan fingerprint density at radius 1 is 1.13 bits per heavy atom. The van der Waals surface area contributed by atoms with E-state index in [4.69, 9.17) is 0 Å². The van der Waals surface area contributed by atoms with E-state index in [2.05, 4.69) is 42.4 Å². The maximum Gasteiger partial charge on any atom is 0.0207 e. The first-order chi connectivity index (χ1) is 7.14. The normalized spacial score (nSPS) is 28.6. The monoisotopic (exact) mass is 246 g/mol. The molecule has 1 aliphatic rings. The molecule has 90 valence electrons. The van der Waals surface area contributed by atoms with Crippen LogP contribution in [0.15, 0.2) is 0 Å². The Balaban J connectivity index is 2.41. The second kappa shape index (κ2) is 7.11. The van der Waals surface area contributed by atoms with Gasteiger partial charge in [0.25, 0.3) is 0 Å². The first-order valence-corrected chi connectivity index (χ1v) is 8.70. The summed E-state index contributed by atoms with van der Waals surface area (Å²) < 4.78 is 0.494. The molecule has 15 heavy (non-hydrogen) atoms. The molecule has 0 aromatic carbocycles. The van der Waals surface area contributed by atoms with Crippen LogP contribution in [0, 0.1) is 0 Å². The molecule has 1 unspecified atom stereocenters. The van der Waals surface area contributed by atoms with E-state index in [0.29, 0.717) is 4.75 Å². The molecule has 0 bridgehead atoms. The summed E-state index contributed by atoms with van der Waals surface area (Å²) in [4.78, 5) is 0. The van der Waals surface area contributed by atoms with Crippen molar-refractivity contribution < 1.29 is 0 Å². The van der Waals surface area contributed by atoms with E-state index in [9.17, 15) is 0 Å². The maximum absolute atomic E-state index is 2.41. The summed E-state index contributed by atoms with van der Waals surface area (Å²) in [6, 6.07) is 0. The Bertz CT molecular complexity index is 166. The van der Waals surface area contributed by atoms with Gasteiger partial charge in [-0.2, -0.15) is 0 Å². The van der Waals surface area contributed by atoms with Gasteiger partial charge < -0.3 is 0 Å². The summed E-state index contributed by atoms with van der Waals surface area (Å²) in [5.41, 5.74) is 0. The average Bonchev–Trinajstić information content (AvgIpc) is 2.19. The van der Waals surface area contributed by atoms with E-state index in [0.717, 1.165) is 5.25 Å². The summed E-state index contributed by atoms with van der Waals surface area (Å²) in [7, 11) is 4.31. The van der Waals surface area contributed by atoms with E-state index in [1.165, 1.54) is 51.4 Å². The van der Waals surface area contributed by atoms with Crippen LogP contribution in [-0.4, -0.2) is 10.00 Å². The van der Waals surface area contributed by atoms with Gasteiger partial charge in [0.1, 0.15) is 0 Å². The number of rotatable bonds is 2. The van der Waals surface area contributed by atoms with Gasteiger partial charge in [-0.05, 0) is 33.1 Å². The SMILES string of the molecule is CCCC1CCCCCCC(C)(C)SS1. The zero-order valence-corrected chi connectivity index (χ0v) is 12.2. The van der Waals surface area contributed by atoms with Gasteiger partial charge in [-0.25, -0.2) is 0 Å². The Morgan fingerprint density at radius 2 is 1.87 bits per heavy atom. The second-order valence-corrected chi connectivity index (χ2v) is 8.51. The van der Waals surface area contributed by atoms with Crippen LogP contribution in [0.4, 0.5) is 0 Å². The van der Waals surface area contributed by atoms with Gasteiger partial charge in [0, 0.05) is 10.00 Å². The minimum atomic E-state index is 0.494. The fourth-order valence-electron chi connectivity index (χ4n) is 2.08. The molecule has 0 spiro atoms. The van der Waals surface area contributed by atoms with Crippen LogP contribution in [0.25, 0.3) is 0 Å². The van der Waals surface area contributed by atoms with Crippen molar-refractivity contribution in [3.05, 3.63) is 0 Å². The van der Waals surface area contributed by atoms with Crippen molar-refractivity contribution in [3.8, 4) is 0 Å². The maximum atomic E-state index is 2.41. The molecule has 1 rings (SSSR count). The highest BCUT2D eigenvalue weighted by Gasteiger charge is 2.22. The molecular formula is C13H26S2. The first kappa shape index (κ1) is 13.8. The highest BCUT2D eigenvalue weighted by Crippen LogP contribution is 2.44. The van der Waals surface area contributed by atoms with Crippen molar-refractivity contribution in [2.24, 2.45) is 0 Å². The zero-order chi connectivity index (χ0) is 11.1. The fraction of sp³-hybridized carbons (Fsp3) is 1.00. The molecule has 0 aromatic rings. The van der Waals surface area contributed by atoms with Gasteiger partial charge in [0.2, 0.25) is 0 Å². The van der Waals surface area contributed by atoms with Crippen LogP contribution >= 0.6 is 21.6 Å². The van der Waals surface area contributed by atoms with Gasteiger partial charge >= 0.3 is 0 Å². The molecule has 0 amide bonds. The highest BCUT2D eigenvalue weighted by molar-refractivity contribution is 8.77. The van der Waals surface area contributed by atoms with Crippen molar-refractivity contribution in [2.75, 3.05) is 0 Å². The third-order valence-electron chi connectivity index (χ3n) is 3.08. The summed E-state index contributed by atoms with van der Waals surface area (Å²) in [6.45, 7) is 7.14. The molecule has 1 saturated heterocycles. The first-order valence-electron chi connectivity index (χ1n) is 6.48. The van der Waals surface area contributed by atoms with Crippen molar-refractivity contribution in [2.45, 2.75) is 82.1 Å². The van der Waals surface area contributed by atoms with Crippen LogP contribution < -0.4 is 0 Å². The van der Waals surface area contributed by atoms with Crippen LogP contribution in [-0.2, 0) is 0 Å². The van der Waals surface area contributed by atoms with Crippen molar-refractivity contribution >= 4 is 21.6 Å². The lowest BCUT2D eigenvalue weighted by Gasteiger charge is -2.27. The van der Waals surface area contributed by atoms with Crippen LogP contribution in [0.2, 0.25) is 0 Å². The van der Waals surface area contributed by atoms with E-state index in [1.807, 2.05) is 0 Å². The summed E-state index contributed by atoms with van der Waals surface area (Å²) >= 11 is 0. The Morgan fingerprint density at radius 3 is 2.60 bits per heavy atom. The average molecular weight is 246 g/mol.